The maximum absolute atomic E-state index is 12.3. The molecule has 1 heterocycles. The molecule has 0 spiro atoms. The van der Waals surface area contributed by atoms with Crippen molar-refractivity contribution < 1.29 is 9.53 Å². The van der Waals surface area contributed by atoms with Gasteiger partial charge in [0.05, 0.1) is 11.6 Å². The van der Waals surface area contributed by atoms with E-state index in [9.17, 15) is 4.79 Å². The first kappa shape index (κ1) is 14.6. The molecule has 0 N–H and O–H groups in total. The lowest BCUT2D eigenvalue weighted by Gasteiger charge is -2.20. The van der Waals surface area contributed by atoms with Gasteiger partial charge in [0.15, 0.2) is 0 Å². The Morgan fingerprint density at radius 2 is 2.14 bits per heavy atom. The van der Waals surface area contributed by atoms with Crippen molar-refractivity contribution in [2.75, 3.05) is 0 Å². The van der Waals surface area contributed by atoms with Crippen LogP contribution >= 0.6 is 0 Å². The summed E-state index contributed by atoms with van der Waals surface area (Å²) in [5.74, 6) is -0.170. The largest absolute Gasteiger partial charge is 0.461 e. The monoisotopic (exact) mass is 296 g/mol. The van der Waals surface area contributed by atoms with Crippen LogP contribution in [-0.2, 0) is 23.2 Å². The van der Waals surface area contributed by atoms with Crippen LogP contribution in [0.2, 0.25) is 0 Å². The molecule has 114 valence electrons. The molecule has 1 aliphatic rings. The predicted octanol–water partition coefficient (Wildman–Crippen LogP) is 3.35. The summed E-state index contributed by atoms with van der Waals surface area (Å²) in [7, 11) is 1.90. The molecule has 1 aromatic carbocycles. The second kappa shape index (κ2) is 6.60. The normalized spacial score (nSPS) is 17.9. The Bertz CT molecular complexity index is 673. The molecule has 0 aliphatic heterocycles. The standard InChI is InChI=1S/C18H20N2O2/c1-20-11-10-17(19-20)15-8-5-9-16(12-15)18(21)22-13-14-6-3-2-4-7-14/h2-4,6-8,10-11,16H,5,9,12-13H2,1H3. The second-order valence-corrected chi connectivity index (χ2v) is 5.68. The van der Waals surface area contributed by atoms with E-state index in [2.05, 4.69) is 11.2 Å². The molecule has 4 nitrogen and oxygen atoms in total. The van der Waals surface area contributed by atoms with Crippen LogP contribution in [0.3, 0.4) is 0 Å². The lowest BCUT2D eigenvalue weighted by molar-refractivity contribution is -0.150. The first-order chi connectivity index (χ1) is 10.7. The van der Waals surface area contributed by atoms with Crippen LogP contribution in [0.4, 0.5) is 0 Å². The summed E-state index contributed by atoms with van der Waals surface area (Å²) in [5.41, 5.74) is 3.13. The van der Waals surface area contributed by atoms with E-state index < -0.39 is 0 Å². The Balaban J connectivity index is 1.59. The molecule has 1 atom stereocenters. The highest BCUT2D eigenvalue weighted by molar-refractivity contribution is 5.77. The van der Waals surface area contributed by atoms with Crippen LogP contribution in [0.5, 0.6) is 0 Å². The van der Waals surface area contributed by atoms with E-state index in [0.29, 0.717) is 13.0 Å². The van der Waals surface area contributed by atoms with Gasteiger partial charge in [-0.05, 0) is 36.5 Å². The molecule has 0 saturated heterocycles. The van der Waals surface area contributed by atoms with Gasteiger partial charge in [0, 0.05) is 13.2 Å². The fourth-order valence-electron chi connectivity index (χ4n) is 2.75. The maximum atomic E-state index is 12.3. The third-order valence-electron chi connectivity index (χ3n) is 3.97. The summed E-state index contributed by atoms with van der Waals surface area (Å²) in [6.45, 7) is 0.346. The first-order valence-corrected chi connectivity index (χ1v) is 7.62. The third-order valence-corrected chi connectivity index (χ3v) is 3.97. The molecule has 0 radical (unpaired) electrons. The van der Waals surface area contributed by atoms with Crippen LogP contribution in [0.25, 0.3) is 5.57 Å². The fourth-order valence-corrected chi connectivity index (χ4v) is 2.75. The minimum absolute atomic E-state index is 0.0641. The van der Waals surface area contributed by atoms with Crippen molar-refractivity contribution in [2.24, 2.45) is 13.0 Å². The number of ether oxygens (including phenoxy) is 1. The number of hydrogen-bond donors (Lipinski definition) is 0. The number of benzene rings is 1. The average molecular weight is 296 g/mol. The summed E-state index contributed by atoms with van der Waals surface area (Å²) >= 11 is 0. The topological polar surface area (TPSA) is 44.1 Å². The van der Waals surface area contributed by atoms with Gasteiger partial charge in [-0.1, -0.05) is 36.4 Å². The number of hydrogen-bond acceptors (Lipinski definition) is 3. The number of carbonyl (C=O) groups excluding carboxylic acids is 1. The zero-order valence-corrected chi connectivity index (χ0v) is 12.7. The summed E-state index contributed by atoms with van der Waals surface area (Å²) in [6.07, 6.45) is 6.57. The Labute approximate surface area is 130 Å². The van der Waals surface area contributed by atoms with E-state index in [1.807, 2.05) is 49.6 Å². The summed E-state index contributed by atoms with van der Waals surface area (Å²) < 4.78 is 7.25. The molecule has 0 amide bonds. The summed E-state index contributed by atoms with van der Waals surface area (Å²) in [5, 5.41) is 4.42. The van der Waals surface area contributed by atoms with Gasteiger partial charge < -0.3 is 4.74 Å². The van der Waals surface area contributed by atoms with Gasteiger partial charge in [-0.3, -0.25) is 9.48 Å². The van der Waals surface area contributed by atoms with Crippen molar-refractivity contribution in [3.8, 4) is 0 Å². The van der Waals surface area contributed by atoms with Crippen molar-refractivity contribution in [3.63, 3.8) is 0 Å². The van der Waals surface area contributed by atoms with E-state index in [-0.39, 0.29) is 11.9 Å². The quantitative estimate of drug-likeness (QED) is 0.813. The molecule has 1 unspecified atom stereocenters. The van der Waals surface area contributed by atoms with Crippen molar-refractivity contribution in [1.29, 1.82) is 0 Å². The zero-order chi connectivity index (χ0) is 15.4. The number of esters is 1. The molecule has 0 fully saturated rings. The van der Waals surface area contributed by atoms with Crippen molar-refractivity contribution >= 4 is 11.5 Å². The van der Waals surface area contributed by atoms with Gasteiger partial charge in [0.2, 0.25) is 0 Å². The van der Waals surface area contributed by atoms with Gasteiger partial charge in [0.1, 0.15) is 6.61 Å². The van der Waals surface area contributed by atoms with Crippen molar-refractivity contribution in [1.82, 2.24) is 9.78 Å². The van der Waals surface area contributed by atoms with Gasteiger partial charge >= 0.3 is 5.97 Å². The van der Waals surface area contributed by atoms with Gasteiger partial charge in [0.25, 0.3) is 0 Å². The number of rotatable bonds is 4. The number of aromatic nitrogens is 2. The van der Waals surface area contributed by atoms with Gasteiger partial charge in [-0.25, -0.2) is 0 Å². The predicted molar refractivity (Wildman–Crippen MR) is 84.8 cm³/mol. The average Bonchev–Trinajstić information content (AvgIpc) is 3.00. The molecule has 22 heavy (non-hydrogen) atoms. The highest BCUT2D eigenvalue weighted by atomic mass is 16.5. The van der Waals surface area contributed by atoms with Crippen LogP contribution < -0.4 is 0 Å². The highest BCUT2D eigenvalue weighted by Gasteiger charge is 2.25. The Morgan fingerprint density at radius 1 is 1.32 bits per heavy atom. The lowest BCUT2D eigenvalue weighted by atomic mass is 9.87. The summed E-state index contributed by atoms with van der Waals surface area (Å²) in [6, 6.07) is 11.8. The van der Waals surface area contributed by atoms with E-state index in [1.165, 1.54) is 0 Å². The molecular formula is C18H20N2O2. The zero-order valence-electron chi connectivity index (χ0n) is 12.7. The van der Waals surface area contributed by atoms with E-state index >= 15 is 0 Å². The van der Waals surface area contributed by atoms with Gasteiger partial charge in [-0.15, -0.1) is 0 Å². The number of carbonyl (C=O) groups is 1. The SMILES string of the molecule is Cn1ccc(C2=CCCC(C(=O)OCc3ccccc3)C2)n1. The number of aryl methyl sites for hydroxylation is 1. The van der Waals surface area contributed by atoms with Crippen LogP contribution in [0.1, 0.15) is 30.5 Å². The fraction of sp³-hybridized carbons (Fsp3) is 0.333. The number of allylic oxidation sites excluding steroid dienone is 2. The van der Waals surface area contributed by atoms with Crippen LogP contribution in [-0.4, -0.2) is 15.7 Å². The molecular weight excluding hydrogens is 276 g/mol. The van der Waals surface area contributed by atoms with Crippen LogP contribution in [0.15, 0.2) is 48.7 Å². The molecule has 4 heteroatoms. The first-order valence-electron chi connectivity index (χ1n) is 7.62. The molecule has 0 bridgehead atoms. The smallest absolute Gasteiger partial charge is 0.309 e. The third kappa shape index (κ3) is 3.45. The van der Waals surface area contributed by atoms with E-state index in [1.54, 1.807) is 4.68 Å². The molecule has 3 rings (SSSR count). The minimum Gasteiger partial charge on any atom is -0.461 e. The number of nitrogens with zero attached hydrogens (tertiary/aromatic N) is 2. The van der Waals surface area contributed by atoms with Crippen molar-refractivity contribution in [3.05, 3.63) is 59.9 Å². The van der Waals surface area contributed by atoms with Crippen LogP contribution in [0, 0.1) is 5.92 Å². The molecule has 1 aliphatic carbocycles. The Morgan fingerprint density at radius 3 is 2.86 bits per heavy atom. The molecule has 1 aromatic heterocycles. The maximum Gasteiger partial charge on any atom is 0.309 e. The van der Waals surface area contributed by atoms with Gasteiger partial charge in [-0.2, -0.15) is 5.10 Å². The molecule has 2 aromatic rings. The minimum atomic E-state index is -0.106. The van der Waals surface area contributed by atoms with Crippen molar-refractivity contribution in [2.45, 2.75) is 25.9 Å². The highest BCUT2D eigenvalue weighted by Crippen LogP contribution is 2.31. The summed E-state index contributed by atoms with van der Waals surface area (Å²) in [4.78, 5) is 12.3. The lowest BCUT2D eigenvalue weighted by Crippen LogP contribution is -2.20. The Kier molecular flexibility index (Phi) is 4.37. The molecule has 0 saturated carbocycles. The Hall–Kier alpha value is -2.36. The second-order valence-electron chi connectivity index (χ2n) is 5.68. The van der Waals surface area contributed by atoms with E-state index in [4.69, 9.17) is 4.74 Å². The van der Waals surface area contributed by atoms with E-state index in [0.717, 1.165) is 29.7 Å².